The molecule has 0 radical (unpaired) electrons. The van der Waals surface area contributed by atoms with E-state index in [9.17, 15) is 4.79 Å². The van der Waals surface area contributed by atoms with E-state index in [2.05, 4.69) is 11.6 Å². The summed E-state index contributed by atoms with van der Waals surface area (Å²) < 4.78 is 2.73. The summed E-state index contributed by atoms with van der Waals surface area (Å²) in [5.74, 6) is 1.87. The zero-order valence-electron chi connectivity index (χ0n) is 7.05. The van der Waals surface area contributed by atoms with Crippen molar-refractivity contribution >= 4 is 28.9 Å². The van der Waals surface area contributed by atoms with Gasteiger partial charge in [0, 0.05) is 11.5 Å². The number of nitrogens with one attached hydrogen (secondary N) is 1. The number of hydrogen-bond donors (Lipinski definition) is 1. The molecule has 0 saturated heterocycles. The van der Waals surface area contributed by atoms with E-state index >= 15 is 0 Å². The summed E-state index contributed by atoms with van der Waals surface area (Å²) in [6, 6.07) is 0. The Hall–Kier alpha value is 0.170. The van der Waals surface area contributed by atoms with Crippen LogP contribution in [0.5, 0.6) is 0 Å². The third-order valence-corrected chi connectivity index (χ3v) is 2.64. The lowest BCUT2D eigenvalue weighted by molar-refractivity contribution is 0.265. The first-order valence-corrected chi connectivity index (χ1v) is 5.83. The van der Waals surface area contributed by atoms with Crippen molar-refractivity contribution in [1.29, 1.82) is 0 Å². The second-order valence-corrected chi connectivity index (χ2v) is 4.16. The number of rotatable bonds is 5. The van der Waals surface area contributed by atoms with Gasteiger partial charge in [0.1, 0.15) is 0 Å². The van der Waals surface area contributed by atoms with E-state index in [0.717, 1.165) is 24.3 Å². The minimum Gasteiger partial charge on any atom is -0.291 e. The highest BCUT2D eigenvalue weighted by Gasteiger charge is 1.98. The standard InChI is InChI=1S/C7H15NOS2/c1-3-5-6-10-7(9)8-11-4-2/h3-6H2,1-2H3,(H,8,9). The molecule has 4 heteroatoms. The fourth-order valence-electron chi connectivity index (χ4n) is 0.470. The Labute approximate surface area is 77.0 Å². The van der Waals surface area contributed by atoms with Crippen LogP contribution < -0.4 is 4.72 Å². The predicted octanol–water partition coefficient (Wildman–Crippen LogP) is 2.90. The molecule has 1 N–H and O–H groups in total. The van der Waals surface area contributed by atoms with Gasteiger partial charge >= 0.3 is 0 Å². The van der Waals surface area contributed by atoms with Crippen LogP contribution in [0.1, 0.15) is 26.7 Å². The van der Waals surface area contributed by atoms with Gasteiger partial charge in [-0.2, -0.15) is 0 Å². The van der Waals surface area contributed by atoms with Crippen LogP contribution in [0, 0.1) is 0 Å². The number of unbranched alkanes of at least 4 members (excludes halogenated alkanes) is 1. The fourth-order valence-corrected chi connectivity index (χ4v) is 1.76. The monoisotopic (exact) mass is 193 g/mol. The van der Waals surface area contributed by atoms with Crippen molar-refractivity contribution in [1.82, 2.24) is 4.72 Å². The average molecular weight is 193 g/mol. The summed E-state index contributed by atoms with van der Waals surface area (Å²) in [6.07, 6.45) is 2.27. The van der Waals surface area contributed by atoms with Gasteiger partial charge in [0.05, 0.1) is 0 Å². The minimum atomic E-state index is 0.0882. The Morgan fingerprint density at radius 3 is 2.73 bits per heavy atom. The first kappa shape index (κ1) is 11.2. The van der Waals surface area contributed by atoms with Crippen LogP contribution in [0.15, 0.2) is 0 Å². The van der Waals surface area contributed by atoms with Gasteiger partial charge in [0.2, 0.25) is 0 Å². The van der Waals surface area contributed by atoms with Gasteiger partial charge in [-0.1, -0.05) is 44.0 Å². The van der Waals surface area contributed by atoms with Crippen LogP contribution in [-0.2, 0) is 0 Å². The molecule has 66 valence electrons. The molecule has 0 unspecified atom stereocenters. The van der Waals surface area contributed by atoms with Crippen molar-refractivity contribution in [2.24, 2.45) is 0 Å². The lowest BCUT2D eigenvalue weighted by atomic mass is 10.4. The zero-order chi connectivity index (χ0) is 8.53. The van der Waals surface area contributed by atoms with E-state index in [0.29, 0.717) is 0 Å². The van der Waals surface area contributed by atoms with Crippen LogP contribution in [0.2, 0.25) is 0 Å². The molecule has 0 heterocycles. The fraction of sp³-hybridized carbons (Fsp3) is 0.857. The van der Waals surface area contributed by atoms with Crippen molar-refractivity contribution in [2.75, 3.05) is 11.5 Å². The lowest BCUT2D eigenvalue weighted by Gasteiger charge is -2.00. The number of thioether (sulfide) groups is 1. The van der Waals surface area contributed by atoms with Crippen molar-refractivity contribution in [3.63, 3.8) is 0 Å². The maximum absolute atomic E-state index is 10.9. The van der Waals surface area contributed by atoms with Gasteiger partial charge in [0.15, 0.2) is 0 Å². The molecule has 0 aromatic rings. The van der Waals surface area contributed by atoms with Crippen molar-refractivity contribution in [2.45, 2.75) is 26.7 Å². The maximum atomic E-state index is 10.9. The molecule has 0 aliphatic carbocycles. The molecule has 0 aliphatic heterocycles. The lowest BCUT2D eigenvalue weighted by Crippen LogP contribution is -2.09. The normalized spacial score (nSPS) is 9.64. The minimum absolute atomic E-state index is 0.0882. The quantitative estimate of drug-likeness (QED) is 0.537. The van der Waals surface area contributed by atoms with Crippen LogP contribution >= 0.6 is 23.7 Å². The van der Waals surface area contributed by atoms with Gasteiger partial charge < -0.3 is 0 Å². The Balaban J connectivity index is 3.09. The smallest absolute Gasteiger partial charge is 0.288 e. The highest BCUT2D eigenvalue weighted by molar-refractivity contribution is 8.15. The molecule has 0 aromatic carbocycles. The van der Waals surface area contributed by atoms with E-state index < -0.39 is 0 Å². The molecule has 11 heavy (non-hydrogen) atoms. The molecule has 0 spiro atoms. The zero-order valence-corrected chi connectivity index (χ0v) is 8.69. The highest BCUT2D eigenvalue weighted by atomic mass is 32.2. The number of carbonyl (C=O) groups excluding carboxylic acids is 1. The van der Waals surface area contributed by atoms with Crippen molar-refractivity contribution in [3.8, 4) is 0 Å². The third kappa shape index (κ3) is 8.07. The second-order valence-electron chi connectivity index (χ2n) is 2.02. The Morgan fingerprint density at radius 1 is 1.45 bits per heavy atom. The summed E-state index contributed by atoms with van der Waals surface area (Å²) in [6.45, 7) is 4.14. The van der Waals surface area contributed by atoms with Gasteiger partial charge in [0.25, 0.3) is 5.24 Å². The van der Waals surface area contributed by atoms with Gasteiger partial charge in [-0.15, -0.1) is 0 Å². The van der Waals surface area contributed by atoms with E-state index in [4.69, 9.17) is 0 Å². The van der Waals surface area contributed by atoms with Crippen LogP contribution in [-0.4, -0.2) is 16.7 Å². The molecular weight excluding hydrogens is 178 g/mol. The third-order valence-electron chi connectivity index (χ3n) is 1.03. The summed E-state index contributed by atoms with van der Waals surface area (Å²) in [4.78, 5) is 10.9. The summed E-state index contributed by atoms with van der Waals surface area (Å²) in [5.41, 5.74) is 0. The Bertz CT molecular complexity index is 109. The number of amides is 1. The van der Waals surface area contributed by atoms with Crippen LogP contribution in [0.25, 0.3) is 0 Å². The molecule has 0 aliphatic rings. The van der Waals surface area contributed by atoms with E-state index in [1.54, 1.807) is 0 Å². The Morgan fingerprint density at radius 2 is 2.18 bits per heavy atom. The molecule has 0 rings (SSSR count). The Kier molecular flexibility index (Phi) is 8.40. The van der Waals surface area contributed by atoms with Crippen molar-refractivity contribution < 1.29 is 4.79 Å². The van der Waals surface area contributed by atoms with Crippen LogP contribution in [0.4, 0.5) is 4.79 Å². The molecular formula is C7H15NOS2. The second kappa shape index (κ2) is 8.27. The molecule has 0 fully saturated rings. The number of carbonyl (C=O) groups is 1. The SMILES string of the molecule is CCCCSC(=O)NSCC. The van der Waals surface area contributed by atoms with Gasteiger partial charge in [-0.25, -0.2) is 0 Å². The topological polar surface area (TPSA) is 29.1 Å². The van der Waals surface area contributed by atoms with Gasteiger partial charge in [-0.3, -0.25) is 9.52 Å². The highest BCUT2D eigenvalue weighted by Crippen LogP contribution is 2.07. The molecule has 2 nitrogen and oxygen atoms in total. The summed E-state index contributed by atoms with van der Waals surface area (Å²) in [5, 5.41) is 0.0882. The molecule has 0 atom stereocenters. The van der Waals surface area contributed by atoms with E-state index in [1.807, 2.05) is 6.92 Å². The molecule has 0 aromatic heterocycles. The van der Waals surface area contributed by atoms with E-state index in [1.165, 1.54) is 23.7 Å². The molecule has 0 saturated carbocycles. The van der Waals surface area contributed by atoms with Gasteiger partial charge in [-0.05, 0) is 6.42 Å². The predicted molar refractivity (Wildman–Crippen MR) is 54.0 cm³/mol. The van der Waals surface area contributed by atoms with E-state index in [-0.39, 0.29) is 5.24 Å². The molecule has 0 bridgehead atoms. The number of hydrogen-bond acceptors (Lipinski definition) is 3. The van der Waals surface area contributed by atoms with Crippen LogP contribution in [0.3, 0.4) is 0 Å². The summed E-state index contributed by atoms with van der Waals surface area (Å²) in [7, 11) is 0. The first-order chi connectivity index (χ1) is 5.31. The first-order valence-electron chi connectivity index (χ1n) is 3.85. The van der Waals surface area contributed by atoms with Crippen molar-refractivity contribution in [3.05, 3.63) is 0 Å². The largest absolute Gasteiger partial charge is 0.291 e. The summed E-state index contributed by atoms with van der Waals surface area (Å²) >= 11 is 2.82. The average Bonchev–Trinajstić information content (AvgIpc) is 2.01. The maximum Gasteiger partial charge on any atom is 0.288 e. The molecule has 1 amide bonds.